The molecule has 3 N–H and O–H groups in total. The number of fused-ring (bicyclic) bond motifs is 1. The van der Waals surface area contributed by atoms with Crippen LogP contribution in [0.15, 0.2) is 95.7 Å². The Hall–Kier alpha value is -3.66. The van der Waals surface area contributed by atoms with Crippen LogP contribution in [0.2, 0.25) is 0 Å². The second-order valence-corrected chi connectivity index (χ2v) is 8.07. The lowest BCUT2D eigenvalue weighted by Crippen LogP contribution is -2.16. The standard InChI is InChI=1S/C27H26N2O2/c1-16-8-4-5-9-21(16)18(3)26(30)17(2)19-12-14-20(15-13-19)24-22-10-6-7-11-23(22)29-25(24)27(28)31/h4,6-8,10-14,20,29H,2-3,5,9,15H2,1H3,(H2,28,31). The maximum atomic E-state index is 13.0. The molecule has 1 heterocycles. The van der Waals surface area contributed by atoms with Gasteiger partial charge in [0.15, 0.2) is 5.78 Å². The van der Waals surface area contributed by atoms with E-state index in [0.29, 0.717) is 23.3 Å². The van der Waals surface area contributed by atoms with E-state index >= 15 is 0 Å². The zero-order valence-electron chi connectivity index (χ0n) is 17.7. The van der Waals surface area contributed by atoms with E-state index in [0.717, 1.165) is 46.0 Å². The third-order valence-corrected chi connectivity index (χ3v) is 6.13. The summed E-state index contributed by atoms with van der Waals surface area (Å²) in [6.45, 7) is 10.1. The minimum Gasteiger partial charge on any atom is -0.364 e. The third kappa shape index (κ3) is 3.77. The number of benzene rings is 1. The van der Waals surface area contributed by atoms with Crippen molar-refractivity contribution in [1.82, 2.24) is 4.98 Å². The molecule has 1 atom stereocenters. The fourth-order valence-electron chi connectivity index (χ4n) is 4.43. The summed E-state index contributed by atoms with van der Waals surface area (Å²) in [4.78, 5) is 28.2. The highest BCUT2D eigenvalue weighted by Gasteiger charge is 2.25. The second kappa shape index (κ2) is 8.23. The molecule has 31 heavy (non-hydrogen) atoms. The van der Waals surface area contributed by atoms with Crippen LogP contribution in [0.25, 0.3) is 10.9 Å². The Balaban J connectivity index is 1.57. The van der Waals surface area contributed by atoms with Gasteiger partial charge in [0.1, 0.15) is 5.69 Å². The van der Waals surface area contributed by atoms with Gasteiger partial charge in [-0.3, -0.25) is 9.59 Å². The molecule has 0 bridgehead atoms. The number of aromatic nitrogens is 1. The molecule has 1 aromatic carbocycles. The van der Waals surface area contributed by atoms with E-state index in [1.165, 1.54) is 0 Å². The Morgan fingerprint density at radius 2 is 1.90 bits per heavy atom. The van der Waals surface area contributed by atoms with Crippen molar-refractivity contribution in [2.75, 3.05) is 0 Å². The molecule has 0 radical (unpaired) electrons. The number of primary amides is 1. The second-order valence-electron chi connectivity index (χ2n) is 8.07. The lowest BCUT2D eigenvalue weighted by molar-refractivity contribution is -0.111. The largest absolute Gasteiger partial charge is 0.364 e. The van der Waals surface area contributed by atoms with Crippen molar-refractivity contribution in [3.8, 4) is 0 Å². The highest BCUT2D eigenvalue weighted by molar-refractivity contribution is 6.13. The number of amides is 1. The van der Waals surface area contributed by atoms with E-state index in [9.17, 15) is 9.59 Å². The number of carbonyl (C=O) groups is 2. The number of ketones is 1. The lowest BCUT2D eigenvalue weighted by Gasteiger charge is -2.20. The fraction of sp³-hybridized carbons (Fsp3) is 0.185. The molecule has 2 aliphatic carbocycles. The van der Waals surface area contributed by atoms with Gasteiger partial charge in [-0.15, -0.1) is 0 Å². The van der Waals surface area contributed by atoms with Gasteiger partial charge in [0.2, 0.25) is 0 Å². The molecule has 4 rings (SSSR count). The molecule has 0 spiro atoms. The van der Waals surface area contributed by atoms with E-state index in [-0.39, 0.29) is 11.7 Å². The van der Waals surface area contributed by atoms with Crippen molar-refractivity contribution < 1.29 is 9.59 Å². The van der Waals surface area contributed by atoms with Gasteiger partial charge in [-0.1, -0.05) is 61.7 Å². The number of H-pyrrole nitrogens is 1. The first-order valence-corrected chi connectivity index (χ1v) is 10.5. The topological polar surface area (TPSA) is 76.0 Å². The van der Waals surface area contributed by atoms with Gasteiger partial charge in [-0.2, -0.15) is 0 Å². The summed E-state index contributed by atoms with van der Waals surface area (Å²) in [6.07, 6.45) is 12.5. The predicted molar refractivity (Wildman–Crippen MR) is 126 cm³/mol. The number of aromatic amines is 1. The van der Waals surface area contributed by atoms with Gasteiger partial charge >= 0.3 is 0 Å². The third-order valence-electron chi connectivity index (χ3n) is 6.13. The molecule has 156 valence electrons. The van der Waals surface area contributed by atoms with Crippen LogP contribution in [0.5, 0.6) is 0 Å². The van der Waals surface area contributed by atoms with Crippen LogP contribution in [-0.2, 0) is 4.79 Å². The molecule has 4 heteroatoms. The maximum Gasteiger partial charge on any atom is 0.265 e. The number of allylic oxidation sites excluding steroid dienone is 10. The van der Waals surface area contributed by atoms with Crippen molar-refractivity contribution in [3.63, 3.8) is 0 Å². The number of carbonyl (C=O) groups excluding carboxylic acids is 2. The van der Waals surface area contributed by atoms with Crippen LogP contribution in [0, 0.1) is 0 Å². The first kappa shape index (κ1) is 20.6. The van der Waals surface area contributed by atoms with Crippen LogP contribution in [0.4, 0.5) is 0 Å². The number of para-hydroxylation sites is 1. The number of nitrogens with one attached hydrogen (secondary N) is 1. The Kier molecular flexibility index (Phi) is 5.47. The zero-order valence-corrected chi connectivity index (χ0v) is 17.7. The molecule has 1 amide bonds. The minimum atomic E-state index is -0.476. The SMILES string of the molecule is C=C(C(=O)C(=C)C1=C(C)C=CCC1)C1=CCC(c2c(C(N)=O)[nH]c3ccccc23)C=C1. The van der Waals surface area contributed by atoms with Crippen LogP contribution < -0.4 is 5.73 Å². The molecular formula is C27H26N2O2. The molecule has 2 aliphatic rings. The summed E-state index contributed by atoms with van der Waals surface area (Å²) >= 11 is 0. The summed E-state index contributed by atoms with van der Waals surface area (Å²) in [6, 6.07) is 7.79. The molecule has 1 aromatic heterocycles. The van der Waals surface area contributed by atoms with Gasteiger partial charge in [-0.25, -0.2) is 0 Å². The molecule has 2 aromatic rings. The molecule has 0 saturated carbocycles. The number of Topliss-reactive ketones (excluding diaryl/α,β-unsaturated/α-hetero) is 1. The van der Waals surface area contributed by atoms with Gasteiger partial charge in [0, 0.05) is 28.0 Å². The predicted octanol–water partition coefficient (Wildman–Crippen LogP) is 5.58. The quantitative estimate of drug-likeness (QED) is 0.610. The number of nitrogens with two attached hydrogens (primary N) is 1. The summed E-state index contributed by atoms with van der Waals surface area (Å²) in [5, 5.41) is 0.985. The van der Waals surface area contributed by atoms with Gasteiger partial charge in [0.05, 0.1) is 0 Å². The monoisotopic (exact) mass is 410 g/mol. The minimum absolute atomic E-state index is 0.0121. The molecule has 0 saturated heterocycles. The van der Waals surface area contributed by atoms with Crippen molar-refractivity contribution in [2.24, 2.45) is 5.73 Å². The molecule has 0 aliphatic heterocycles. The summed E-state index contributed by atoms with van der Waals surface area (Å²) in [7, 11) is 0. The fourth-order valence-corrected chi connectivity index (χ4v) is 4.43. The smallest absolute Gasteiger partial charge is 0.265 e. The van der Waals surface area contributed by atoms with E-state index in [1.807, 2.05) is 55.5 Å². The Labute approximate surface area is 182 Å². The lowest BCUT2D eigenvalue weighted by atomic mass is 9.83. The van der Waals surface area contributed by atoms with Crippen LogP contribution in [0.3, 0.4) is 0 Å². The van der Waals surface area contributed by atoms with Crippen molar-refractivity contribution in [1.29, 1.82) is 0 Å². The Bertz CT molecular complexity index is 1250. The Morgan fingerprint density at radius 3 is 2.58 bits per heavy atom. The van der Waals surface area contributed by atoms with Crippen LogP contribution in [-0.4, -0.2) is 16.7 Å². The maximum absolute atomic E-state index is 13.0. The molecule has 0 fully saturated rings. The molecule has 1 unspecified atom stereocenters. The van der Waals surface area contributed by atoms with E-state index in [4.69, 9.17) is 5.73 Å². The first-order chi connectivity index (χ1) is 14.9. The highest BCUT2D eigenvalue weighted by Crippen LogP contribution is 2.36. The van der Waals surface area contributed by atoms with Crippen molar-refractivity contribution >= 4 is 22.6 Å². The molecule has 4 nitrogen and oxygen atoms in total. The summed E-state index contributed by atoms with van der Waals surface area (Å²) < 4.78 is 0. The van der Waals surface area contributed by atoms with Crippen LogP contribution in [0.1, 0.15) is 48.2 Å². The van der Waals surface area contributed by atoms with Gasteiger partial charge in [-0.05, 0) is 54.5 Å². The van der Waals surface area contributed by atoms with Crippen molar-refractivity contribution in [2.45, 2.75) is 32.1 Å². The average Bonchev–Trinajstić information content (AvgIpc) is 3.18. The number of hydrogen-bond acceptors (Lipinski definition) is 2. The normalized spacial score (nSPS) is 18.2. The Morgan fingerprint density at radius 1 is 1.13 bits per heavy atom. The van der Waals surface area contributed by atoms with Crippen molar-refractivity contribution in [3.05, 3.63) is 107 Å². The number of hydrogen-bond donors (Lipinski definition) is 2. The highest BCUT2D eigenvalue weighted by atomic mass is 16.1. The summed E-state index contributed by atoms with van der Waals surface area (Å²) in [5.74, 6) is -0.610. The first-order valence-electron chi connectivity index (χ1n) is 10.5. The van der Waals surface area contributed by atoms with Crippen LogP contribution >= 0.6 is 0 Å². The van der Waals surface area contributed by atoms with Gasteiger partial charge < -0.3 is 10.7 Å². The average molecular weight is 411 g/mol. The van der Waals surface area contributed by atoms with E-state index in [2.05, 4.69) is 24.2 Å². The van der Waals surface area contributed by atoms with Gasteiger partial charge in [0.25, 0.3) is 5.91 Å². The summed E-state index contributed by atoms with van der Waals surface area (Å²) in [5.41, 5.74) is 11.7. The van der Waals surface area contributed by atoms with E-state index in [1.54, 1.807) is 0 Å². The number of rotatable bonds is 6. The van der Waals surface area contributed by atoms with E-state index < -0.39 is 5.91 Å². The zero-order chi connectivity index (χ0) is 22.1. The molecular weight excluding hydrogens is 384 g/mol.